The number of ketones is 3. The molecule has 0 aliphatic heterocycles. The smallest absolute Gasteiger partial charge is 0.152 e. The van der Waals surface area contributed by atoms with Gasteiger partial charge in [0, 0.05) is 17.3 Å². The predicted octanol–water partition coefficient (Wildman–Crippen LogP) is 2.35. The molecule has 0 aliphatic carbocycles. The maximum absolute atomic E-state index is 12.1. The van der Waals surface area contributed by atoms with Crippen molar-refractivity contribution in [3.8, 4) is 0 Å². The third-order valence-electron chi connectivity index (χ3n) is 3.25. The molecule has 4 heteroatoms. The molecule has 0 spiro atoms. The first-order chi connectivity index (χ1) is 8.95. The molecule has 0 saturated carbocycles. The van der Waals surface area contributed by atoms with E-state index in [1.807, 2.05) is 48.5 Å². The second-order valence-corrected chi connectivity index (χ2v) is 7.06. The Labute approximate surface area is 122 Å². The molecule has 4 nitrogen and oxygen atoms in total. The van der Waals surface area contributed by atoms with E-state index in [0.717, 1.165) is 0 Å². The van der Waals surface area contributed by atoms with E-state index in [0.29, 0.717) is 0 Å². The maximum Gasteiger partial charge on any atom is 0.152 e. The second kappa shape index (κ2) is 7.67. The monoisotopic (exact) mass is 283 g/mol. The van der Waals surface area contributed by atoms with Gasteiger partial charge in [0.15, 0.2) is 5.78 Å². The van der Waals surface area contributed by atoms with E-state index in [1.165, 1.54) is 0 Å². The average molecular weight is 283 g/mol. The summed E-state index contributed by atoms with van der Waals surface area (Å²) in [4.78, 5) is 37.5. The number of carbonyl (C=O) groups excluding carboxylic acids is 3. The van der Waals surface area contributed by atoms with Crippen LogP contribution in [0.5, 0.6) is 0 Å². The highest BCUT2D eigenvalue weighted by molar-refractivity contribution is 5.89. The fourth-order valence-corrected chi connectivity index (χ4v) is 1.41. The number of hydrogen-bond donors (Lipinski definition) is 0. The van der Waals surface area contributed by atoms with Crippen molar-refractivity contribution in [3.05, 3.63) is 0 Å². The van der Waals surface area contributed by atoms with E-state index in [9.17, 15) is 14.4 Å². The van der Waals surface area contributed by atoms with E-state index >= 15 is 0 Å². The van der Waals surface area contributed by atoms with Crippen LogP contribution < -0.4 is 0 Å². The summed E-state index contributed by atoms with van der Waals surface area (Å²) in [6.45, 7) is 13.3. The average Bonchev–Trinajstić information content (AvgIpc) is 2.26. The van der Waals surface area contributed by atoms with E-state index in [2.05, 4.69) is 0 Å². The third kappa shape index (κ3) is 6.94. The third-order valence-corrected chi connectivity index (χ3v) is 3.25. The largest absolute Gasteiger partial charge is 0.298 e. The molecule has 0 aromatic carbocycles. The SMILES string of the molecule is CC(C)C(=O)CN(CC(=O)C(C)C)CC(=O)C(C)(C)C. The molecule has 0 heterocycles. The number of rotatable bonds is 8. The first-order valence-electron chi connectivity index (χ1n) is 7.26. The highest BCUT2D eigenvalue weighted by Crippen LogP contribution is 2.15. The van der Waals surface area contributed by atoms with Crippen LogP contribution in [-0.2, 0) is 14.4 Å². The molecule has 0 aromatic rings. The van der Waals surface area contributed by atoms with Crippen LogP contribution in [0.4, 0.5) is 0 Å². The molecule has 0 N–H and O–H groups in total. The highest BCUT2D eigenvalue weighted by atomic mass is 16.1. The zero-order valence-electron chi connectivity index (χ0n) is 13.9. The van der Waals surface area contributed by atoms with Crippen molar-refractivity contribution in [3.63, 3.8) is 0 Å². The molecule has 116 valence electrons. The maximum atomic E-state index is 12.1. The first kappa shape index (κ1) is 19.0. The van der Waals surface area contributed by atoms with Crippen molar-refractivity contribution in [1.29, 1.82) is 0 Å². The predicted molar refractivity (Wildman–Crippen MR) is 80.6 cm³/mol. The lowest BCUT2D eigenvalue weighted by Gasteiger charge is -2.25. The van der Waals surface area contributed by atoms with Gasteiger partial charge >= 0.3 is 0 Å². The van der Waals surface area contributed by atoms with Crippen LogP contribution in [-0.4, -0.2) is 41.9 Å². The molecule has 0 bridgehead atoms. The molecule has 0 atom stereocenters. The van der Waals surface area contributed by atoms with Crippen molar-refractivity contribution in [2.45, 2.75) is 48.5 Å². The minimum atomic E-state index is -0.458. The molecule has 0 fully saturated rings. The van der Waals surface area contributed by atoms with E-state index in [1.54, 1.807) is 4.90 Å². The normalized spacial score (nSPS) is 12.3. The molecule has 0 rings (SSSR count). The van der Waals surface area contributed by atoms with Gasteiger partial charge in [-0.25, -0.2) is 0 Å². The van der Waals surface area contributed by atoms with Crippen LogP contribution in [0.25, 0.3) is 0 Å². The topological polar surface area (TPSA) is 54.5 Å². The van der Waals surface area contributed by atoms with Gasteiger partial charge in [0.2, 0.25) is 0 Å². The zero-order chi connectivity index (χ0) is 16.1. The molecule has 0 aliphatic rings. The van der Waals surface area contributed by atoms with Crippen LogP contribution in [0.2, 0.25) is 0 Å². The fraction of sp³-hybridized carbons (Fsp3) is 0.812. The van der Waals surface area contributed by atoms with Crippen molar-refractivity contribution in [2.75, 3.05) is 19.6 Å². The quantitative estimate of drug-likeness (QED) is 0.686. The van der Waals surface area contributed by atoms with Gasteiger partial charge in [0.05, 0.1) is 19.6 Å². The molecular weight excluding hydrogens is 254 g/mol. The van der Waals surface area contributed by atoms with Crippen molar-refractivity contribution < 1.29 is 14.4 Å². The van der Waals surface area contributed by atoms with Gasteiger partial charge in [-0.05, 0) is 0 Å². The first-order valence-corrected chi connectivity index (χ1v) is 7.26. The molecule has 0 aromatic heterocycles. The van der Waals surface area contributed by atoms with Gasteiger partial charge in [-0.15, -0.1) is 0 Å². The van der Waals surface area contributed by atoms with Crippen LogP contribution in [0.3, 0.4) is 0 Å². The summed E-state index contributed by atoms with van der Waals surface area (Å²) in [5, 5.41) is 0. The van der Waals surface area contributed by atoms with Gasteiger partial charge in [0.25, 0.3) is 0 Å². The summed E-state index contributed by atoms with van der Waals surface area (Å²) >= 11 is 0. The van der Waals surface area contributed by atoms with Crippen LogP contribution in [0.1, 0.15) is 48.5 Å². The molecule has 0 radical (unpaired) electrons. The Bertz CT molecular complexity index is 342. The van der Waals surface area contributed by atoms with Gasteiger partial charge in [-0.2, -0.15) is 0 Å². The van der Waals surface area contributed by atoms with Crippen LogP contribution in [0, 0.1) is 17.3 Å². The van der Waals surface area contributed by atoms with Crippen molar-refractivity contribution in [1.82, 2.24) is 4.90 Å². The minimum absolute atomic E-state index is 0.0469. The lowest BCUT2D eigenvalue weighted by Crippen LogP contribution is -2.43. The van der Waals surface area contributed by atoms with Crippen molar-refractivity contribution >= 4 is 17.3 Å². The van der Waals surface area contributed by atoms with Crippen LogP contribution >= 0.6 is 0 Å². The Kier molecular flexibility index (Phi) is 7.28. The number of nitrogens with zero attached hydrogens (tertiary/aromatic N) is 1. The molecular formula is C16H29NO3. The molecule has 0 unspecified atom stereocenters. The van der Waals surface area contributed by atoms with Gasteiger partial charge in [0.1, 0.15) is 11.6 Å². The summed E-state index contributed by atoms with van der Waals surface area (Å²) in [5.74, 6) is -0.00933. The van der Waals surface area contributed by atoms with Gasteiger partial charge in [-0.3, -0.25) is 19.3 Å². The lowest BCUT2D eigenvalue weighted by molar-refractivity contribution is -0.130. The van der Waals surface area contributed by atoms with E-state index in [-0.39, 0.29) is 48.8 Å². The standard InChI is InChI=1S/C16H29NO3/c1-11(2)13(18)8-17(9-14(19)12(3)4)10-15(20)16(5,6)7/h11-12H,8-10H2,1-7H3. The zero-order valence-corrected chi connectivity index (χ0v) is 13.9. The van der Waals surface area contributed by atoms with E-state index in [4.69, 9.17) is 0 Å². The Morgan fingerprint density at radius 2 is 1.15 bits per heavy atom. The summed E-state index contributed by atoms with van der Waals surface area (Å²) in [7, 11) is 0. The summed E-state index contributed by atoms with van der Waals surface area (Å²) in [5.41, 5.74) is -0.458. The Hall–Kier alpha value is -1.03. The second-order valence-electron chi connectivity index (χ2n) is 7.06. The van der Waals surface area contributed by atoms with Gasteiger partial charge in [-0.1, -0.05) is 48.5 Å². The van der Waals surface area contributed by atoms with Crippen LogP contribution in [0.15, 0.2) is 0 Å². The highest BCUT2D eigenvalue weighted by Gasteiger charge is 2.26. The minimum Gasteiger partial charge on any atom is -0.298 e. The van der Waals surface area contributed by atoms with Gasteiger partial charge < -0.3 is 0 Å². The van der Waals surface area contributed by atoms with Crippen molar-refractivity contribution in [2.24, 2.45) is 17.3 Å². The Morgan fingerprint density at radius 1 is 0.800 bits per heavy atom. The number of Topliss-reactive ketones (excluding diaryl/α,β-unsaturated/α-hetero) is 3. The van der Waals surface area contributed by atoms with E-state index < -0.39 is 5.41 Å². The number of carbonyl (C=O) groups is 3. The Morgan fingerprint density at radius 3 is 1.40 bits per heavy atom. The number of hydrogen-bond acceptors (Lipinski definition) is 4. The fourth-order valence-electron chi connectivity index (χ4n) is 1.41. The summed E-state index contributed by atoms with van der Waals surface area (Å²) in [6.07, 6.45) is 0. The molecule has 0 amide bonds. The Balaban J connectivity index is 4.84. The summed E-state index contributed by atoms with van der Waals surface area (Å²) < 4.78 is 0. The molecule has 20 heavy (non-hydrogen) atoms. The summed E-state index contributed by atoms with van der Waals surface area (Å²) in [6, 6.07) is 0. The lowest BCUT2D eigenvalue weighted by atomic mass is 9.90. The molecule has 0 saturated heterocycles.